The van der Waals surface area contributed by atoms with Crippen LogP contribution in [0.2, 0.25) is 0 Å². The Morgan fingerprint density at radius 2 is 1.95 bits per heavy atom. The van der Waals surface area contributed by atoms with E-state index in [1.54, 1.807) is 0 Å². The molecule has 2 N–H and O–H groups in total. The molecule has 0 atom stereocenters. The van der Waals surface area contributed by atoms with E-state index in [4.69, 9.17) is 14.7 Å². The summed E-state index contributed by atoms with van der Waals surface area (Å²) in [7, 11) is -0.920. The van der Waals surface area contributed by atoms with Crippen molar-refractivity contribution in [2.24, 2.45) is 0 Å². The Labute approximate surface area is 127 Å². The van der Waals surface area contributed by atoms with Crippen molar-refractivity contribution < 1.29 is 27.9 Å². The average Bonchev–Trinajstić information content (AvgIpc) is 3.04. The van der Waals surface area contributed by atoms with Gasteiger partial charge in [-0.25, -0.2) is 13.9 Å². The fourth-order valence-electron chi connectivity index (χ4n) is 2.08. The van der Waals surface area contributed by atoms with E-state index < -0.39 is 15.9 Å². The first-order valence-corrected chi connectivity index (χ1v) is 7.73. The van der Waals surface area contributed by atoms with E-state index in [1.807, 2.05) is 0 Å². The number of benzene rings is 1. The first-order valence-electron chi connectivity index (χ1n) is 6.29. The molecular weight excluding hydrogens is 312 g/mol. The van der Waals surface area contributed by atoms with Crippen molar-refractivity contribution in [3.63, 3.8) is 0 Å². The molecule has 0 bridgehead atoms. The lowest BCUT2D eigenvalue weighted by atomic mass is 10.3. The third kappa shape index (κ3) is 2.91. The Kier molecular flexibility index (Phi) is 4.69. The molecule has 8 nitrogen and oxygen atoms in total. The Bertz CT molecular complexity index is 713. The second-order valence-electron chi connectivity index (χ2n) is 4.48. The van der Waals surface area contributed by atoms with Gasteiger partial charge in [-0.3, -0.25) is 10.0 Å². The second kappa shape index (κ2) is 6.34. The molecule has 0 spiro atoms. The quantitative estimate of drug-likeness (QED) is 0.588. The van der Waals surface area contributed by atoms with Gasteiger partial charge < -0.3 is 9.47 Å². The molecule has 22 heavy (non-hydrogen) atoms. The number of methoxy groups -OCH3 is 2. The van der Waals surface area contributed by atoms with Gasteiger partial charge in [-0.05, 0) is 12.1 Å². The van der Waals surface area contributed by atoms with Crippen molar-refractivity contribution in [2.45, 2.75) is 4.90 Å². The van der Waals surface area contributed by atoms with Gasteiger partial charge in [0.1, 0.15) is 0 Å². The number of ether oxygens (including phenoxy) is 2. The number of sulfonamides is 1. The molecule has 0 aliphatic carbocycles. The fourth-order valence-corrected chi connectivity index (χ4v) is 3.45. The summed E-state index contributed by atoms with van der Waals surface area (Å²) >= 11 is 0. The second-order valence-corrected chi connectivity index (χ2v) is 6.42. The minimum absolute atomic E-state index is 0.0317. The maximum atomic E-state index is 12.6. The van der Waals surface area contributed by atoms with Crippen molar-refractivity contribution in [3.05, 3.63) is 29.8 Å². The SMILES string of the molecule is COc1ccc(S(=O)(=O)N2CC=C(C(=O)NO)C2)cc1OC. The maximum absolute atomic E-state index is 12.6. The normalized spacial score (nSPS) is 15.3. The third-order valence-corrected chi connectivity index (χ3v) is 5.08. The molecule has 1 aliphatic rings. The minimum Gasteiger partial charge on any atom is -0.493 e. The number of nitrogens with zero attached hydrogens (tertiary/aromatic N) is 1. The van der Waals surface area contributed by atoms with Gasteiger partial charge in [0.15, 0.2) is 11.5 Å². The molecule has 1 heterocycles. The van der Waals surface area contributed by atoms with E-state index in [-0.39, 0.29) is 23.6 Å². The van der Waals surface area contributed by atoms with Crippen molar-refractivity contribution in [3.8, 4) is 11.5 Å². The first kappa shape index (κ1) is 16.3. The molecular formula is C13H16N2O6S. The molecule has 0 saturated heterocycles. The van der Waals surface area contributed by atoms with Crippen molar-refractivity contribution in [2.75, 3.05) is 27.3 Å². The predicted octanol–water partition coefficient (Wildman–Crippen LogP) is 0.140. The van der Waals surface area contributed by atoms with E-state index in [2.05, 4.69) is 0 Å². The van der Waals surface area contributed by atoms with Crippen LogP contribution in [0.15, 0.2) is 34.7 Å². The summed E-state index contributed by atoms with van der Waals surface area (Å²) in [5.41, 5.74) is 1.67. The highest BCUT2D eigenvalue weighted by molar-refractivity contribution is 7.89. The van der Waals surface area contributed by atoms with Crippen molar-refractivity contribution in [1.29, 1.82) is 0 Å². The Hall–Kier alpha value is -2.10. The van der Waals surface area contributed by atoms with Crippen LogP contribution in [0.5, 0.6) is 11.5 Å². The number of nitrogens with one attached hydrogen (secondary N) is 1. The summed E-state index contributed by atoms with van der Waals surface area (Å²) in [6, 6.07) is 4.26. The van der Waals surface area contributed by atoms with Crippen LogP contribution in [0.4, 0.5) is 0 Å². The van der Waals surface area contributed by atoms with Gasteiger partial charge in [-0.1, -0.05) is 6.08 Å². The van der Waals surface area contributed by atoms with Crippen LogP contribution in [0.3, 0.4) is 0 Å². The monoisotopic (exact) mass is 328 g/mol. The molecule has 0 fully saturated rings. The number of amides is 1. The van der Waals surface area contributed by atoms with E-state index in [0.717, 1.165) is 4.31 Å². The molecule has 0 saturated carbocycles. The number of hydrogen-bond acceptors (Lipinski definition) is 6. The topological polar surface area (TPSA) is 105 Å². The lowest BCUT2D eigenvalue weighted by Crippen LogP contribution is -2.31. The zero-order chi connectivity index (χ0) is 16.3. The molecule has 1 aromatic rings. The molecule has 1 aromatic carbocycles. The number of carbonyl (C=O) groups excluding carboxylic acids is 1. The van der Waals surface area contributed by atoms with Crippen LogP contribution in [0.1, 0.15) is 0 Å². The lowest BCUT2D eigenvalue weighted by Gasteiger charge is -2.17. The maximum Gasteiger partial charge on any atom is 0.271 e. The molecule has 9 heteroatoms. The first-order chi connectivity index (χ1) is 10.4. The van der Waals surface area contributed by atoms with Gasteiger partial charge in [-0.2, -0.15) is 4.31 Å². The summed E-state index contributed by atoms with van der Waals surface area (Å²) in [6.45, 7) is -0.0531. The van der Waals surface area contributed by atoms with Crippen LogP contribution >= 0.6 is 0 Å². The van der Waals surface area contributed by atoms with Crippen molar-refractivity contribution in [1.82, 2.24) is 9.79 Å². The van der Waals surface area contributed by atoms with Gasteiger partial charge >= 0.3 is 0 Å². The molecule has 1 amide bonds. The summed E-state index contributed by atoms with van der Waals surface area (Å²) in [5.74, 6) is -0.00425. The minimum atomic E-state index is -3.79. The lowest BCUT2D eigenvalue weighted by molar-refractivity contribution is -0.125. The Morgan fingerprint density at radius 3 is 2.55 bits per heavy atom. The number of hydrogen-bond donors (Lipinski definition) is 2. The van der Waals surface area contributed by atoms with Gasteiger partial charge in [0.05, 0.1) is 19.1 Å². The summed E-state index contributed by atoms with van der Waals surface area (Å²) in [6.07, 6.45) is 1.45. The molecule has 1 aliphatic heterocycles. The standard InChI is InChI=1S/C13H16N2O6S/c1-20-11-4-3-10(7-12(11)21-2)22(18,19)15-6-5-9(8-15)13(16)14-17/h3-5,7,17H,6,8H2,1-2H3,(H,14,16). The van der Waals surface area contributed by atoms with E-state index in [0.29, 0.717) is 11.5 Å². The van der Waals surface area contributed by atoms with Crippen molar-refractivity contribution >= 4 is 15.9 Å². The van der Waals surface area contributed by atoms with Crippen LogP contribution in [0.25, 0.3) is 0 Å². The zero-order valence-electron chi connectivity index (χ0n) is 12.1. The number of rotatable bonds is 5. The molecule has 0 aromatic heterocycles. The summed E-state index contributed by atoms with van der Waals surface area (Å²) in [5, 5.41) is 8.59. The Morgan fingerprint density at radius 1 is 1.27 bits per heavy atom. The average molecular weight is 328 g/mol. The molecule has 0 unspecified atom stereocenters. The van der Waals surface area contributed by atoms with E-state index in [1.165, 1.54) is 44.0 Å². The van der Waals surface area contributed by atoms with Gasteiger partial charge in [0.2, 0.25) is 10.0 Å². The molecule has 0 radical (unpaired) electrons. The summed E-state index contributed by atoms with van der Waals surface area (Å²) in [4.78, 5) is 11.4. The smallest absolute Gasteiger partial charge is 0.271 e. The van der Waals surface area contributed by atoms with Crippen LogP contribution in [-0.2, 0) is 14.8 Å². The predicted molar refractivity (Wildman–Crippen MR) is 76.3 cm³/mol. The fraction of sp³-hybridized carbons (Fsp3) is 0.308. The van der Waals surface area contributed by atoms with E-state index in [9.17, 15) is 13.2 Å². The summed E-state index contributed by atoms with van der Waals surface area (Å²) < 4.78 is 36.4. The van der Waals surface area contributed by atoms with Crippen LogP contribution in [0, 0.1) is 0 Å². The van der Waals surface area contributed by atoms with Gasteiger partial charge in [-0.15, -0.1) is 0 Å². The zero-order valence-corrected chi connectivity index (χ0v) is 12.9. The number of carbonyl (C=O) groups is 1. The molecule has 120 valence electrons. The number of hydroxylamine groups is 1. The van der Waals surface area contributed by atoms with Crippen LogP contribution < -0.4 is 15.0 Å². The third-order valence-electron chi connectivity index (χ3n) is 3.27. The highest BCUT2D eigenvalue weighted by atomic mass is 32.2. The van der Waals surface area contributed by atoms with E-state index >= 15 is 0 Å². The highest BCUT2D eigenvalue weighted by Gasteiger charge is 2.31. The Balaban J connectivity index is 2.27. The van der Waals surface area contributed by atoms with Gasteiger partial charge in [0, 0.05) is 24.7 Å². The highest BCUT2D eigenvalue weighted by Crippen LogP contribution is 2.31. The van der Waals surface area contributed by atoms with Crippen LogP contribution in [-0.4, -0.2) is 51.1 Å². The largest absolute Gasteiger partial charge is 0.493 e. The molecule has 2 rings (SSSR count). The van der Waals surface area contributed by atoms with Gasteiger partial charge in [0.25, 0.3) is 5.91 Å².